The van der Waals surface area contributed by atoms with E-state index < -0.39 is 4.92 Å². The van der Waals surface area contributed by atoms with Gasteiger partial charge in [-0.1, -0.05) is 12.1 Å². The molecule has 0 fully saturated rings. The fourth-order valence-electron chi connectivity index (χ4n) is 2.55. The largest absolute Gasteiger partial charge is 0.483 e. The molecule has 0 saturated carbocycles. The highest BCUT2D eigenvalue weighted by Crippen LogP contribution is 2.34. The van der Waals surface area contributed by atoms with Crippen molar-refractivity contribution >= 4 is 28.9 Å². The Morgan fingerprint density at radius 3 is 2.69 bits per heavy atom. The van der Waals surface area contributed by atoms with Gasteiger partial charge in [0.15, 0.2) is 0 Å². The molecule has 2 aromatic carbocycles. The monoisotopic (exact) mass is 355 g/mol. The van der Waals surface area contributed by atoms with Crippen LogP contribution in [-0.4, -0.2) is 30.4 Å². The van der Waals surface area contributed by atoms with E-state index in [1.54, 1.807) is 6.92 Å². The number of esters is 1. The molecular formula is C18H17N3O5. The molecular weight excluding hydrogens is 338 g/mol. The summed E-state index contributed by atoms with van der Waals surface area (Å²) in [6.07, 6.45) is 0. The third-order valence-electron chi connectivity index (χ3n) is 4.03. The number of aliphatic imine (C=N–C) groups is 1. The van der Waals surface area contributed by atoms with Crippen LogP contribution in [0.2, 0.25) is 0 Å². The van der Waals surface area contributed by atoms with Crippen LogP contribution < -0.4 is 10.1 Å². The lowest BCUT2D eigenvalue weighted by Crippen LogP contribution is -2.23. The molecule has 0 radical (unpaired) electrons. The molecule has 3 rings (SSSR count). The van der Waals surface area contributed by atoms with Crippen LogP contribution in [0.5, 0.6) is 5.75 Å². The van der Waals surface area contributed by atoms with Crippen LogP contribution in [0.3, 0.4) is 0 Å². The molecule has 1 atom stereocenters. The molecule has 8 heteroatoms. The van der Waals surface area contributed by atoms with E-state index in [-0.39, 0.29) is 24.2 Å². The molecule has 1 aliphatic rings. The quantitative estimate of drug-likeness (QED) is 0.512. The number of carbonyl (C=O) groups is 1. The van der Waals surface area contributed by atoms with Crippen molar-refractivity contribution in [3.8, 4) is 5.75 Å². The van der Waals surface area contributed by atoms with Crippen molar-refractivity contribution in [2.45, 2.75) is 12.8 Å². The first-order chi connectivity index (χ1) is 12.5. The number of nitrogens with zero attached hydrogens (tertiary/aromatic N) is 2. The summed E-state index contributed by atoms with van der Waals surface area (Å²) in [7, 11) is 1.36. The number of methoxy groups -OCH3 is 1. The van der Waals surface area contributed by atoms with Gasteiger partial charge in [-0.15, -0.1) is 0 Å². The van der Waals surface area contributed by atoms with Gasteiger partial charge in [0.05, 0.1) is 18.0 Å². The average Bonchev–Trinajstić information content (AvgIpc) is 2.66. The third-order valence-corrected chi connectivity index (χ3v) is 4.03. The molecule has 0 aliphatic carbocycles. The highest BCUT2D eigenvalue weighted by Gasteiger charge is 2.18. The molecule has 26 heavy (non-hydrogen) atoms. The number of fused-ring (bicyclic) bond motifs is 1. The summed E-state index contributed by atoms with van der Waals surface area (Å²) in [5.41, 5.74) is 1.97. The molecule has 0 bridgehead atoms. The maximum Gasteiger partial charge on any atom is 0.312 e. The number of amidine groups is 1. The zero-order valence-corrected chi connectivity index (χ0v) is 14.3. The lowest BCUT2D eigenvalue weighted by molar-refractivity contribution is -0.384. The van der Waals surface area contributed by atoms with E-state index in [1.165, 1.54) is 25.3 Å². The summed E-state index contributed by atoms with van der Waals surface area (Å²) < 4.78 is 10.3. The summed E-state index contributed by atoms with van der Waals surface area (Å²) in [6, 6.07) is 11.6. The molecule has 1 aliphatic heterocycles. The number of nitro benzene ring substituents is 1. The lowest BCUT2D eigenvalue weighted by Gasteiger charge is -2.18. The normalized spacial score (nSPS) is 13.7. The van der Waals surface area contributed by atoms with Crippen molar-refractivity contribution in [3.05, 3.63) is 58.1 Å². The van der Waals surface area contributed by atoms with Crippen molar-refractivity contribution in [1.82, 2.24) is 0 Å². The van der Waals surface area contributed by atoms with E-state index >= 15 is 0 Å². The predicted octanol–water partition coefficient (Wildman–Crippen LogP) is 3.41. The first-order valence-electron chi connectivity index (χ1n) is 7.91. The maximum atomic E-state index is 11.6. The number of carbonyl (C=O) groups excluding carboxylic acids is 1. The minimum Gasteiger partial charge on any atom is -0.483 e. The smallest absolute Gasteiger partial charge is 0.312 e. The van der Waals surface area contributed by atoms with Crippen LogP contribution in [-0.2, 0) is 9.53 Å². The topological polar surface area (TPSA) is 103 Å². The Balaban J connectivity index is 1.76. The van der Waals surface area contributed by atoms with Gasteiger partial charge in [0.2, 0.25) is 0 Å². The molecule has 0 saturated heterocycles. The summed E-state index contributed by atoms with van der Waals surface area (Å²) in [5, 5.41) is 14.0. The Bertz CT molecular complexity index is 877. The highest BCUT2D eigenvalue weighted by atomic mass is 16.6. The number of hydrogen-bond donors (Lipinski definition) is 1. The van der Waals surface area contributed by atoms with Gasteiger partial charge in [0.25, 0.3) is 5.69 Å². The zero-order valence-electron chi connectivity index (χ0n) is 14.3. The number of anilines is 1. The summed E-state index contributed by atoms with van der Waals surface area (Å²) >= 11 is 0. The van der Waals surface area contributed by atoms with E-state index in [2.05, 4.69) is 10.3 Å². The number of hydrogen-bond acceptors (Lipinski definition) is 7. The van der Waals surface area contributed by atoms with E-state index in [4.69, 9.17) is 9.47 Å². The lowest BCUT2D eigenvalue weighted by atomic mass is 10.0. The highest BCUT2D eigenvalue weighted by molar-refractivity contribution is 5.99. The van der Waals surface area contributed by atoms with Crippen LogP contribution in [0.15, 0.2) is 47.5 Å². The number of rotatable bonds is 4. The van der Waals surface area contributed by atoms with E-state index in [9.17, 15) is 14.9 Å². The van der Waals surface area contributed by atoms with Gasteiger partial charge < -0.3 is 14.8 Å². The van der Waals surface area contributed by atoms with Gasteiger partial charge in [-0.05, 0) is 30.7 Å². The van der Waals surface area contributed by atoms with E-state index in [1.807, 2.05) is 24.3 Å². The molecule has 0 aromatic heterocycles. The molecule has 1 N–H and O–H groups in total. The minimum absolute atomic E-state index is 0.0431. The molecule has 2 aromatic rings. The summed E-state index contributed by atoms with van der Waals surface area (Å²) in [5.74, 6) is 0.390. The second-order valence-corrected chi connectivity index (χ2v) is 5.75. The molecule has 134 valence electrons. The fourth-order valence-corrected chi connectivity index (χ4v) is 2.55. The molecule has 8 nitrogen and oxygen atoms in total. The maximum absolute atomic E-state index is 11.6. The predicted molar refractivity (Wildman–Crippen MR) is 96.2 cm³/mol. The SMILES string of the molecule is COC(=O)C(C)c1ccc(NC2=Nc3cc([N+](=O)[O-])ccc3OC2)cc1. The summed E-state index contributed by atoms with van der Waals surface area (Å²) in [6.45, 7) is 2.00. The van der Waals surface area contributed by atoms with Gasteiger partial charge in [0, 0.05) is 17.8 Å². The van der Waals surface area contributed by atoms with Crippen LogP contribution in [0, 0.1) is 10.1 Å². The van der Waals surface area contributed by atoms with Crippen molar-refractivity contribution in [1.29, 1.82) is 0 Å². The first kappa shape index (κ1) is 17.4. The Morgan fingerprint density at radius 2 is 2.04 bits per heavy atom. The zero-order chi connectivity index (χ0) is 18.7. The van der Waals surface area contributed by atoms with Crippen LogP contribution in [0.4, 0.5) is 17.1 Å². The van der Waals surface area contributed by atoms with Crippen LogP contribution >= 0.6 is 0 Å². The molecule has 0 amide bonds. The minimum atomic E-state index is -0.474. The summed E-state index contributed by atoms with van der Waals surface area (Å²) in [4.78, 5) is 26.4. The second-order valence-electron chi connectivity index (χ2n) is 5.75. The van der Waals surface area contributed by atoms with Gasteiger partial charge in [-0.25, -0.2) is 4.99 Å². The average molecular weight is 355 g/mol. The van der Waals surface area contributed by atoms with Crippen molar-refractivity contribution < 1.29 is 19.2 Å². The molecule has 1 heterocycles. The molecule has 0 spiro atoms. The first-order valence-corrected chi connectivity index (χ1v) is 7.91. The van der Waals surface area contributed by atoms with E-state index in [0.29, 0.717) is 17.3 Å². The second kappa shape index (κ2) is 7.22. The Hall–Kier alpha value is -3.42. The van der Waals surface area contributed by atoms with Crippen molar-refractivity contribution in [3.63, 3.8) is 0 Å². The Morgan fingerprint density at radius 1 is 1.31 bits per heavy atom. The van der Waals surface area contributed by atoms with Gasteiger partial charge in [0.1, 0.15) is 23.9 Å². The number of ether oxygens (including phenoxy) is 2. The van der Waals surface area contributed by atoms with Crippen molar-refractivity contribution in [2.24, 2.45) is 4.99 Å². The number of benzene rings is 2. The fraction of sp³-hybridized carbons (Fsp3) is 0.222. The van der Waals surface area contributed by atoms with Crippen LogP contribution in [0.1, 0.15) is 18.4 Å². The van der Waals surface area contributed by atoms with Crippen LogP contribution in [0.25, 0.3) is 0 Å². The van der Waals surface area contributed by atoms with E-state index in [0.717, 1.165) is 11.3 Å². The number of nitro groups is 1. The Labute approximate surface area is 149 Å². The number of non-ortho nitro benzene ring substituents is 1. The van der Waals surface area contributed by atoms with Gasteiger partial charge in [-0.3, -0.25) is 14.9 Å². The van der Waals surface area contributed by atoms with Crippen molar-refractivity contribution in [2.75, 3.05) is 19.0 Å². The van der Waals surface area contributed by atoms with Gasteiger partial charge in [-0.2, -0.15) is 0 Å². The Kier molecular flexibility index (Phi) is 4.83. The third kappa shape index (κ3) is 3.64. The number of nitrogens with one attached hydrogen (secondary N) is 1. The van der Waals surface area contributed by atoms with Gasteiger partial charge >= 0.3 is 5.97 Å². The standard InChI is InChI=1S/C18H17N3O5/c1-11(18(22)25-2)12-3-5-13(6-4-12)19-17-10-26-16-8-7-14(21(23)24)9-15(16)20-17/h3-9,11H,10H2,1-2H3,(H,19,20). The molecule has 1 unspecified atom stereocenters.